The minimum absolute atomic E-state index is 0.0942. The predicted octanol–water partition coefficient (Wildman–Crippen LogP) is 6.95. The number of nitriles is 1. The molecule has 0 saturated carbocycles. The highest BCUT2D eigenvalue weighted by Crippen LogP contribution is 2.34. The van der Waals surface area contributed by atoms with E-state index in [1.54, 1.807) is 35.7 Å². The maximum absolute atomic E-state index is 13.5. The second-order valence-electron chi connectivity index (χ2n) is 5.82. The number of hydrogen-bond acceptors (Lipinski definition) is 5. The Bertz CT molecular complexity index is 1100. The lowest BCUT2D eigenvalue weighted by Crippen LogP contribution is -2.33. The van der Waals surface area contributed by atoms with Crippen molar-refractivity contribution < 1.29 is 17.9 Å². The number of ether oxygens (including phenoxy) is 1. The van der Waals surface area contributed by atoms with Gasteiger partial charge in [-0.05, 0) is 24.3 Å². The number of allylic oxidation sites excluding steroid dienone is 1. The minimum atomic E-state index is -4.22. The number of aromatic nitrogens is 1. The van der Waals surface area contributed by atoms with Crippen LogP contribution in [0.2, 0.25) is 5.02 Å². The summed E-state index contributed by atoms with van der Waals surface area (Å²) < 4.78 is 44.2. The van der Waals surface area contributed by atoms with E-state index in [2.05, 4.69) is 15.0 Å². The first-order chi connectivity index (χ1) is 14.3. The third-order valence-corrected chi connectivity index (χ3v) is 5.14. The summed E-state index contributed by atoms with van der Waals surface area (Å²) in [6.45, 7) is 0. The molecule has 4 nitrogen and oxygen atoms in total. The van der Waals surface area contributed by atoms with Crippen LogP contribution in [0, 0.1) is 11.3 Å². The molecule has 0 aliphatic rings. The molecule has 0 saturated heterocycles. The van der Waals surface area contributed by atoms with E-state index < -0.39 is 11.7 Å². The van der Waals surface area contributed by atoms with Gasteiger partial charge in [0.25, 0.3) is 5.63 Å². The van der Waals surface area contributed by atoms with E-state index in [0.29, 0.717) is 15.7 Å². The highest BCUT2D eigenvalue weighted by Gasteiger charge is 2.42. The van der Waals surface area contributed by atoms with Gasteiger partial charge in [0.1, 0.15) is 22.4 Å². The summed E-state index contributed by atoms with van der Waals surface area (Å²) in [6, 6.07) is 14.7. The molecule has 1 atom stereocenters. The number of alkyl halides is 4. The second-order valence-corrected chi connectivity index (χ2v) is 7.50. The molecule has 1 heterocycles. The van der Waals surface area contributed by atoms with E-state index in [4.69, 9.17) is 23.2 Å². The van der Waals surface area contributed by atoms with Crippen molar-refractivity contribution in [3.8, 4) is 23.1 Å². The van der Waals surface area contributed by atoms with Crippen LogP contribution < -0.4 is 10.1 Å². The van der Waals surface area contributed by atoms with Gasteiger partial charge in [0.2, 0.25) is 0 Å². The number of nitrogens with one attached hydrogen (secondary N) is 1. The smallest absolute Gasteiger partial charge is 0.427 e. The Balaban J connectivity index is 1.82. The summed E-state index contributed by atoms with van der Waals surface area (Å²) in [5, 5.41) is 15.0. The van der Waals surface area contributed by atoms with E-state index in [0.717, 1.165) is 5.56 Å². The first-order valence-electron chi connectivity index (χ1n) is 8.33. The Morgan fingerprint density at radius 2 is 1.93 bits per heavy atom. The summed E-state index contributed by atoms with van der Waals surface area (Å²) in [4.78, 5) is 4.43. The summed E-state index contributed by atoms with van der Waals surface area (Å²) in [7, 11) is 0. The lowest BCUT2D eigenvalue weighted by atomic mass is 10.2. The lowest BCUT2D eigenvalue weighted by Gasteiger charge is -2.19. The van der Waals surface area contributed by atoms with E-state index in [1.807, 2.05) is 6.07 Å². The van der Waals surface area contributed by atoms with Crippen molar-refractivity contribution >= 4 is 45.8 Å². The van der Waals surface area contributed by atoms with Gasteiger partial charge < -0.3 is 10.1 Å². The van der Waals surface area contributed by atoms with E-state index >= 15 is 0 Å². The fraction of sp³-hybridized carbons (Fsp3) is 0.100. The first kappa shape index (κ1) is 22.0. The van der Waals surface area contributed by atoms with Crippen molar-refractivity contribution in [1.82, 2.24) is 4.98 Å². The molecule has 2 aromatic carbocycles. The van der Waals surface area contributed by atoms with Crippen LogP contribution >= 0.6 is 34.5 Å². The number of anilines is 1. The Kier molecular flexibility index (Phi) is 6.87. The molecule has 0 aliphatic carbocycles. The van der Waals surface area contributed by atoms with Crippen LogP contribution in [0.25, 0.3) is 16.8 Å². The number of thiazole rings is 1. The van der Waals surface area contributed by atoms with E-state index in [9.17, 15) is 18.4 Å². The monoisotopic (exact) mass is 469 g/mol. The number of hydrogen-bond donors (Lipinski definition) is 1. The van der Waals surface area contributed by atoms with Crippen LogP contribution in [0.4, 0.5) is 18.9 Å². The normalized spacial score (nSPS) is 12.9. The summed E-state index contributed by atoms with van der Waals surface area (Å²) in [5.74, 6) is -0.333. The second kappa shape index (κ2) is 9.39. The van der Waals surface area contributed by atoms with Gasteiger partial charge in [-0.2, -0.15) is 14.0 Å². The maximum Gasteiger partial charge on any atom is 0.444 e. The van der Waals surface area contributed by atoms with Gasteiger partial charge in [0, 0.05) is 22.2 Å². The van der Waals surface area contributed by atoms with Crippen LogP contribution in [-0.2, 0) is 0 Å². The zero-order chi connectivity index (χ0) is 21.7. The molecule has 3 rings (SSSR count). The van der Waals surface area contributed by atoms with Crippen LogP contribution in [-0.4, -0.2) is 16.7 Å². The molecule has 0 unspecified atom stereocenters. The number of halogens is 5. The molecule has 0 radical (unpaired) electrons. The molecule has 30 heavy (non-hydrogen) atoms. The highest BCUT2D eigenvalue weighted by atomic mass is 35.5. The first-order valence-corrected chi connectivity index (χ1v) is 10.0. The predicted molar refractivity (Wildman–Crippen MR) is 113 cm³/mol. The fourth-order valence-electron chi connectivity index (χ4n) is 2.31. The maximum atomic E-state index is 13.5. The molecule has 0 fully saturated rings. The molecule has 0 aliphatic heterocycles. The van der Waals surface area contributed by atoms with Gasteiger partial charge in [-0.15, -0.1) is 11.3 Å². The molecule has 10 heteroatoms. The SMILES string of the molecule is N#C/C(=C\Nc1ccccc1OC(F)(F)[C@@H](F)Cl)c1nc(-c2ccc(Cl)cc2)cs1. The van der Waals surface area contributed by atoms with Crippen LogP contribution in [0.5, 0.6) is 5.75 Å². The van der Waals surface area contributed by atoms with Crippen molar-refractivity contribution in [3.05, 3.63) is 70.1 Å². The third kappa shape index (κ3) is 5.25. The molecule has 3 aromatic rings. The van der Waals surface area contributed by atoms with E-state index in [-0.39, 0.29) is 17.0 Å². The fourth-order valence-corrected chi connectivity index (χ4v) is 3.27. The average molecular weight is 470 g/mol. The van der Waals surface area contributed by atoms with Crippen LogP contribution in [0.3, 0.4) is 0 Å². The number of nitrogens with zero attached hydrogens (tertiary/aromatic N) is 2. The Labute approximate surface area is 184 Å². The largest absolute Gasteiger partial charge is 0.444 e. The van der Waals surface area contributed by atoms with Gasteiger partial charge in [-0.1, -0.05) is 47.5 Å². The topological polar surface area (TPSA) is 57.9 Å². The lowest BCUT2D eigenvalue weighted by molar-refractivity contribution is -0.198. The van der Waals surface area contributed by atoms with Crippen molar-refractivity contribution in [2.24, 2.45) is 0 Å². The molecule has 0 spiro atoms. The van der Waals surface area contributed by atoms with Crippen LogP contribution in [0.1, 0.15) is 5.01 Å². The van der Waals surface area contributed by atoms with Gasteiger partial charge in [0.15, 0.2) is 0 Å². The number of benzene rings is 2. The molecule has 0 bridgehead atoms. The Morgan fingerprint density at radius 3 is 2.60 bits per heavy atom. The zero-order valence-corrected chi connectivity index (χ0v) is 17.3. The van der Waals surface area contributed by atoms with Crippen molar-refractivity contribution in [2.75, 3.05) is 5.32 Å². The quantitative estimate of drug-likeness (QED) is 0.300. The molecular weight excluding hydrogens is 458 g/mol. The summed E-state index contributed by atoms with van der Waals surface area (Å²) in [6.07, 6.45) is -2.91. The van der Waals surface area contributed by atoms with Gasteiger partial charge in [-0.3, -0.25) is 0 Å². The average Bonchev–Trinajstić information content (AvgIpc) is 3.20. The van der Waals surface area contributed by atoms with Gasteiger partial charge in [-0.25, -0.2) is 9.37 Å². The van der Waals surface area contributed by atoms with Crippen molar-refractivity contribution in [1.29, 1.82) is 5.26 Å². The van der Waals surface area contributed by atoms with Gasteiger partial charge >= 0.3 is 6.11 Å². The zero-order valence-electron chi connectivity index (χ0n) is 15.0. The molecular formula is C20H12Cl2F3N3OS. The molecule has 0 amide bonds. The summed E-state index contributed by atoms with van der Waals surface area (Å²) >= 11 is 12.0. The molecule has 154 valence electrons. The highest BCUT2D eigenvalue weighted by molar-refractivity contribution is 7.11. The molecule has 1 aromatic heterocycles. The van der Waals surface area contributed by atoms with E-state index in [1.165, 1.54) is 35.7 Å². The van der Waals surface area contributed by atoms with Crippen LogP contribution in [0.15, 0.2) is 60.1 Å². The number of rotatable bonds is 7. The third-order valence-electron chi connectivity index (χ3n) is 3.75. The minimum Gasteiger partial charge on any atom is -0.427 e. The van der Waals surface area contributed by atoms with Crippen molar-refractivity contribution in [3.63, 3.8) is 0 Å². The summed E-state index contributed by atoms with van der Waals surface area (Å²) in [5.41, 5.74) is -1.26. The standard InChI is InChI=1S/C20H12Cl2F3N3OS/c21-14-7-5-12(6-8-14)16-11-30-18(28-16)13(9-26)10-27-15-3-1-2-4-17(15)29-20(24,25)19(22)23/h1-8,10-11,19,27H/b13-10+/t19-/m1/s1. The number of para-hydroxylation sites is 2. The Morgan fingerprint density at radius 1 is 1.23 bits per heavy atom. The molecule has 1 N–H and O–H groups in total. The van der Waals surface area contributed by atoms with Gasteiger partial charge in [0.05, 0.1) is 11.4 Å². The Hall–Kier alpha value is -2.73. The van der Waals surface area contributed by atoms with Crippen molar-refractivity contribution in [2.45, 2.75) is 11.7 Å².